The van der Waals surface area contributed by atoms with Gasteiger partial charge in [-0.05, 0) is 37.8 Å². The standard InChI is InChI=1S/C13H21NO/c1-3-12-7-8-13(15-12)9-14-10(2)11-5-4-6-11/h7-8,10-11,14H,3-6,9H2,1-2H3. The maximum atomic E-state index is 5.65. The Morgan fingerprint density at radius 2 is 2.13 bits per heavy atom. The van der Waals surface area contributed by atoms with E-state index in [1.807, 2.05) is 0 Å². The Kier molecular flexibility index (Phi) is 3.47. The van der Waals surface area contributed by atoms with Crippen molar-refractivity contribution in [2.75, 3.05) is 0 Å². The number of rotatable bonds is 5. The van der Waals surface area contributed by atoms with Crippen LogP contribution in [0.1, 0.15) is 44.6 Å². The number of nitrogens with one attached hydrogen (secondary N) is 1. The monoisotopic (exact) mass is 207 g/mol. The van der Waals surface area contributed by atoms with Crippen LogP contribution in [-0.4, -0.2) is 6.04 Å². The summed E-state index contributed by atoms with van der Waals surface area (Å²) in [5.74, 6) is 3.05. The van der Waals surface area contributed by atoms with E-state index in [9.17, 15) is 0 Å². The van der Waals surface area contributed by atoms with Crippen LogP contribution in [0.5, 0.6) is 0 Å². The molecule has 2 rings (SSSR count). The Morgan fingerprint density at radius 1 is 1.40 bits per heavy atom. The summed E-state index contributed by atoms with van der Waals surface area (Å²) in [7, 11) is 0. The summed E-state index contributed by atoms with van der Waals surface area (Å²) >= 11 is 0. The van der Waals surface area contributed by atoms with E-state index in [2.05, 4.69) is 31.3 Å². The van der Waals surface area contributed by atoms with Crippen molar-refractivity contribution in [3.63, 3.8) is 0 Å². The summed E-state index contributed by atoms with van der Waals surface area (Å²) in [6.07, 6.45) is 5.19. The molecule has 2 nitrogen and oxygen atoms in total. The van der Waals surface area contributed by atoms with Crippen LogP contribution in [0.15, 0.2) is 16.5 Å². The molecule has 2 heteroatoms. The zero-order valence-corrected chi connectivity index (χ0v) is 9.75. The van der Waals surface area contributed by atoms with Gasteiger partial charge in [-0.1, -0.05) is 13.3 Å². The quantitative estimate of drug-likeness (QED) is 0.802. The second-order valence-electron chi connectivity index (χ2n) is 4.58. The number of hydrogen-bond acceptors (Lipinski definition) is 2. The van der Waals surface area contributed by atoms with Gasteiger partial charge < -0.3 is 9.73 Å². The van der Waals surface area contributed by atoms with Crippen molar-refractivity contribution in [3.05, 3.63) is 23.7 Å². The van der Waals surface area contributed by atoms with E-state index in [1.54, 1.807) is 0 Å². The number of aryl methyl sites for hydroxylation is 1. The predicted octanol–water partition coefficient (Wildman–Crippen LogP) is 3.12. The fraction of sp³-hybridized carbons (Fsp3) is 0.692. The van der Waals surface area contributed by atoms with E-state index in [1.165, 1.54) is 19.3 Å². The Hall–Kier alpha value is -0.760. The first-order valence-corrected chi connectivity index (χ1v) is 6.10. The van der Waals surface area contributed by atoms with Crippen molar-refractivity contribution in [1.29, 1.82) is 0 Å². The topological polar surface area (TPSA) is 25.2 Å². The van der Waals surface area contributed by atoms with Crippen molar-refractivity contribution in [2.24, 2.45) is 5.92 Å². The zero-order valence-electron chi connectivity index (χ0n) is 9.75. The van der Waals surface area contributed by atoms with Gasteiger partial charge in [0.05, 0.1) is 6.54 Å². The molecule has 1 N–H and O–H groups in total. The van der Waals surface area contributed by atoms with Gasteiger partial charge in [0.25, 0.3) is 0 Å². The molecule has 0 amide bonds. The Morgan fingerprint density at radius 3 is 2.67 bits per heavy atom. The molecular formula is C13H21NO. The maximum Gasteiger partial charge on any atom is 0.117 e. The van der Waals surface area contributed by atoms with Gasteiger partial charge in [-0.3, -0.25) is 0 Å². The minimum absolute atomic E-state index is 0.633. The summed E-state index contributed by atoms with van der Waals surface area (Å²) in [4.78, 5) is 0. The lowest BCUT2D eigenvalue weighted by Gasteiger charge is -2.31. The maximum absolute atomic E-state index is 5.65. The average molecular weight is 207 g/mol. The van der Waals surface area contributed by atoms with Crippen molar-refractivity contribution in [2.45, 2.75) is 52.1 Å². The van der Waals surface area contributed by atoms with Crippen LogP contribution < -0.4 is 5.32 Å². The molecule has 1 heterocycles. The molecular weight excluding hydrogens is 186 g/mol. The highest BCUT2D eigenvalue weighted by Crippen LogP contribution is 2.29. The lowest BCUT2D eigenvalue weighted by atomic mass is 9.80. The van der Waals surface area contributed by atoms with E-state index in [-0.39, 0.29) is 0 Å². The second kappa shape index (κ2) is 4.84. The van der Waals surface area contributed by atoms with Gasteiger partial charge >= 0.3 is 0 Å². The highest BCUT2D eigenvalue weighted by molar-refractivity contribution is 5.06. The van der Waals surface area contributed by atoms with E-state index >= 15 is 0 Å². The molecule has 1 saturated carbocycles. The van der Waals surface area contributed by atoms with Crippen LogP contribution in [0.3, 0.4) is 0 Å². The molecule has 1 aromatic heterocycles. The van der Waals surface area contributed by atoms with Crippen LogP contribution in [-0.2, 0) is 13.0 Å². The summed E-state index contributed by atoms with van der Waals surface area (Å²) in [6, 6.07) is 4.79. The lowest BCUT2D eigenvalue weighted by Crippen LogP contribution is -2.36. The van der Waals surface area contributed by atoms with Crippen LogP contribution in [0.25, 0.3) is 0 Å². The van der Waals surface area contributed by atoms with Gasteiger partial charge in [-0.15, -0.1) is 0 Å². The fourth-order valence-electron chi connectivity index (χ4n) is 2.08. The molecule has 1 aliphatic rings. The third-order valence-corrected chi connectivity index (χ3v) is 3.52. The first-order valence-electron chi connectivity index (χ1n) is 6.10. The minimum atomic E-state index is 0.633. The van der Waals surface area contributed by atoms with E-state index < -0.39 is 0 Å². The Labute approximate surface area is 92.1 Å². The molecule has 0 radical (unpaired) electrons. The summed E-state index contributed by atoms with van der Waals surface area (Å²) in [6.45, 7) is 5.28. The summed E-state index contributed by atoms with van der Waals surface area (Å²) in [5.41, 5.74) is 0. The fourth-order valence-corrected chi connectivity index (χ4v) is 2.08. The molecule has 1 aromatic rings. The van der Waals surface area contributed by atoms with Gasteiger partial charge in [0, 0.05) is 12.5 Å². The lowest BCUT2D eigenvalue weighted by molar-refractivity contribution is 0.236. The Bertz CT molecular complexity index is 301. The largest absolute Gasteiger partial charge is 0.465 e. The van der Waals surface area contributed by atoms with Crippen LogP contribution in [0.4, 0.5) is 0 Å². The van der Waals surface area contributed by atoms with Gasteiger partial charge in [-0.2, -0.15) is 0 Å². The summed E-state index contributed by atoms with van der Waals surface area (Å²) in [5, 5.41) is 3.54. The normalized spacial score (nSPS) is 18.8. The van der Waals surface area contributed by atoms with E-state index in [0.29, 0.717) is 6.04 Å². The molecule has 1 fully saturated rings. The van der Waals surface area contributed by atoms with Crippen molar-refractivity contribution in [1.82, 2.24) is 5.32 Å². The first-order chi connectivity index (χ1) is 7.29. The number of furan rings is 1. The predicted molar refractivity (Wildman–Crippen MR) is 61.7 cm³/mol. The van der Waals surface area contributed by atoms with Crippen LogP contribution >= 0.6 is 0 Å². The molecule has 84 valence electrons. The third kappa shape index (κ3) is 2.63. The van der Waals surface area contributed by atoms with E-state index in [4.69, 9.17) is 4.42 Å². The van der Waals surface area contributed by atoms with Crippen LogP contribution in [0.2, 0.25) is 0 Å². The SMILES string of the molecule is CCc1ccc(CNC(C)C2CCC2)o1. The molecule has 1 unspecified atom stereocenters. The minimum Gasteiger partial charge on any atom is -0.465 e. The molecule has 0 spiro atoms. The highest BCUT2D eigenvalue weighted by atomic mass is 16.3. The molecule has 15 heavy (non-hydrogen) atoms. The summed E-state index contributed by atoms with van der Waals surface area (Å²) < 4.78 is 5.65. The van der Waals surface area contributed by atoms with Crippen molar-refractivity contribution < 1.29 is 4.42 Å². The molecule has 0 aliphatic heterocycles. The molecule has 1 aliphatic carbocycles. The van der Waals surface area contributed by atoms with E-state index in [0.717, 1.165) is 30.4 Å². The van der Waals surface area contributed by atoms with Gasteiger partial charge in [0.2, 0.25) is 0 Å². The van der Waals surface area contributed by atoms with Crippen molar-refractivity contribution >= 4 is 0 Å². The average Bonchev–Trinajstić information content (AvgIpc) is 2.59. The van der Waals surface area contributed by atoms with Gasteiger partial charge in [0.1, 0.15) is 11.5 Å². The molecule has 0 aromatic carbocycles. The molecule has 0 bridgehead atoms. The van der Waals surface area contributed by atoms with Crippen molar-refractivity contribution in [3.8, 4) is 0 Å². The second-order valence-corrected chi connectivity index (χ2v) is 4.58. The zero-order chi connectivity index (χ0) is 10.7. The molecule has 1 atom stereocenters. The first kappa shape index (κ1) is 10.7. The van der Waals surface area contributed by atoms with Gasteiger partial charge in [0.15, 0.2) is 0 Å². The highest BCUT2D eigenvalue weighted by Gasteiger charge is 2.23. The number of hydrogen-bond donors (Lipinski definition) is 1. The smallest absolute Gasteiger partial charge is 0.117 e. The van der Waals surface area contributed by atoms with Crippen LogP contribution in [0, 0.1) is 5.92 Å². The third-order valence-electron chi connectivity index (χ3n) is 3.52. The van der Waals surface area contributed by atoms with Gasteiger partial charge in [-0.25, -0.2) is 0 Å². The Balaban J connectivity index is 1.76. The molecule has 0 saturated heterocycles.